The fourth-order valence-electron chi connectivity index (χ4n) is 1.05. The van der Waals surface area contributed by atoms with Crippen molar-refractivity contribution >= 4 is 10.0 Å². The molecular weight excluding hydrogens is 200 g/mol. The summed E-state index contributed by atoms with van der Waals surface area (Å²) < 4.78 is 25.1. The molecule has 0 aliphatic heterocycles. The highest BCUT2D eigenvalue weighted by atomic mass is 32.2. The summed E-state index contributed by atoms with van der Waals surface area (Å²) in [4.78, 5) is 0. The van der Waals surface area contributed by atoms with Gasteiger partial charge in [0, 0.05) is 13.1 Å². The predicted molar refractivity (Wildman–Crippen MR) is 59.8 cm³/mol. The summed E-state index contributed by atoms with van der Waals surface area (Å²) >= 11 is 0. The summed E-state index contributed by atoms with van der Waals surface area (Å²) in [5.74, 6) is 0.794. The zero-order valence-corrected chi connectivity index (χ0v) is 10.2. The Kier molecular flexibility index (Phi) is 7.13. The molecule has 86 valence electrons. The molecule has 0 aromatic heterocycles. The van der Waals surface area contributed by atoms with Gasteiger partial charge in [0.1, 0.15) is 0 Å². The molecule has 0 bridgehead atoms. The van der Waals surface area contributed by atoms with E-state index in [1.54, 1.807) is 7.05 Å². The second-order valence-corrected chi connectivity index (χ2v) is 5.78. The lowest BCUT2D eigenvalue weighted by Crippen LogP contribution is -2.31. The monoisotopic (exact) mass is 222 g/mol. The van der Waals surface area contributed by atoms with Crippen LogP contribution in [0.3, 0.4) is 0 Å². The standard InChI is InChI=1S/C9H22N2O2S/c1-9(2)5-4-6-11-14(12,13)8-7-10-3/h9-11H,4-8H2,1-3H3. The second-order valence-electron chi connectivity index (χ2n) is 3.85. The fraction of sp³-hybridized carbons (Fsp3) is 1.00. The summed E-state index contributed by atoms with van der Waals surface area (Å²) in [6.45, 7) is 5.33. The van der Waals surface area contributed by atoms with E-state index in [9.17, 15) is 8.42 Å². The summed E-state index contributed by atoms with van der Waals surface area (Å²) in [6.07, 6.45) is 1.98. The van der Waals surface area contributed by atoms with E-state index in [2.05, 4.69) is 23.9 Å². The van der Waals surface area contributed by atoms with Gasteiger partial charge in [-0.05, 0) is 25.8 Å². The van der Waals surface area contributed by atoms with Crippen LogP contribution in [-0.2, 0) is 10.0 Å². The number of sulfonamides is 1. The van der Waals surface area contributed by atoms with Gasteiger partial charge in [-0.15, -0.1) is 0 Å². The van der Waals surface area contributed by atoms with Gasteiger partial charge in [-0.25, -0.2) is 13.1 Å². The number of hydrogen-bond donors (Lipinski definition) is 2. The molecule has 0 saturated carbocycles. The lowest BCUT2D eigenvalue weighted by atomic mass is 10.1. The zero-order valence-electron chi connectivity index (χ0n) is 9.34. The minimum absolute atomic E-state index is 0.158. The van der Waals surface area contributed by atoms with E-state index in [0.29, 0.717) is 19.0 Å². The average molecular weight is 222 g/mol. The van der Waals surface area contributed by atoms with Crippen LogP contribution < -0.4 is 10.0 Å². The van der Waals surface area contributed by atoms with Gasteiger partial charge < -0.3 is 5.32 Å². The van der Waals surface area contributed by atoms with Crippen LogP contribution in [-0.4, -0.2) is 34.3 Å². The normalized spacial score (nSPS) is 12.3. The highest BCUT2D eigenvalue weighted by Gasteiger charge is 2.07. The van der Waals surface area contributed by atoms with Crippen LogP contribution in [0.5, 0.6) is 0 Å². The Morgan fingerprint density at radius 3 is 2.36 bits per heavy atom. The van der Waals surface area contributed by atoms with E-state index in [1.807, 2.05) is 0 Å². The molecule has 0 atom stereocenters. The van der Waals surface area contributed by atoms with Crippen molar-refractivity contribution in [3.05, 3.63) is 0 Å². The van der Waals surface area contributed by atoms with Crippen LogP contribution in [0.2, 0.25) is 0 Å². The van der Waals surface area contributed by atoms with Crippen LogP contribution in [0.4, 0.5) is 0 Å². The van der Waals surface area contributed by atoms with E-state index in [1.165, 1.54) is 0 Å². The quantitative estimate of drug-likeness (QED) is 0.590. The first-order valence-electron chi connectivity index (χ1n) is 5.10. The Labute approximate surface area is 87.5 Å². The number of nitrogens with one attached hydrogen (secondary N) is 2. The highest BCUT2D eigenvalue weighted by Crippen LogP contribution is 2.02. The van der Waals surface area contributed by atoms with E-state index in [4.69, 9.17) is 0 Å². The van der Waals surface area contributed by atoms with E-state index >= 15 is 0 Å². The Morgan fingerprint density at radius 1 is 1.21 bits per heavy atom. The minimum Gasteiger partial charge on any atom is -0.319 e. The van der Waals surface area contributed by atoms with Crippen LogP contribution in [0.25, 0.3) is 0 Å². The van der Waals surface area contributed by atoms with Gasteiger partial charge in [0.25, 0.3) is 0 Å². The maximum Gasteiger partial charge on any atom is 0.212 e. The maximum atomic E-state index is 11.3. The molecule has 0 aliphatic rings. The van der Waals surface area contributed by atoms with E-state index in [0.717, 1.165) is 12.8 Å². The molecule has 0 radical (unpaired) electrons. The third kappa shape index (κ3) is 8.47. The molecule has 0 saturated heterocycles. The van der Waals surface area contributed by atoms with Crippen molar-refractivity contribution in [2.45, 2.75) is 26.7 Å². The Balaban J connectivity index is 3.56. The third-order valence-corrected chi connectivity index (χ3v) is 3.29. The molecule has 2 N–H and O–H groups in total. The number of rotatable bonds is 8. The van der Waals surface area contributed by atoms with Gasteiger partial charge in [0.05, 0.1) is 5.75 Å². The molecule has 0 spiro atoms. The molecule has 5 heteroatoms. The molecule has 0 amide bonds. The first kappa shape index (κ1) is 13.9. The Bertz CT molecular complexity index is 225. The molecule has 0 aromatic rings. The SMILES string of the molecule is CNCCS(=O)(=O)NCCCC(C)C. The molecule has 0 aliphatic carbocycles. The van der Waals surface area contributed by atoms with Gasteiger partial charge in [0.15, 0.2) is 0 Å². The van der Waals surface area contributed by atoms with Crippen molar-refractivity contribution in [2.75, 3.05) is 25.9 Å². The molecule has 0 rings (SSSR count). The largest absolute Gasteiger partial charge is 0.319 e. The Hall–Kier alpha value is -0.130. The van der Waals surface area contributed by atoms with E-state index in [-0.39, 0.29) is 5.75 Å². The zero-order chi connectivity index (χ0) is 11.0. The van der Waals surface area contributed by atoms with Crippen LogP contribution >= 0.6 is 0 Å². The maximum absolute atomic E-state index is 11.3. The van der Waals surface area contributed by atoms with Crippen LogP contribution in [0, 0.1) is 5.92 Å². The smallest absolute Gasteiger partial charge is 0.212 e. The Morgan fingerprint density at radius 2 is 1.86 bits per heavy atom. The summed E-state index contributed by atoms with van der Waals surface area (Å²) in [5.41, 5.74) is 0. The van der Waals surface area contributed by atoms with Gasteiger partial charge >= 0.3 is 0 Å². The topological polar surface area (TPSA) is 58.2 Å². The third-order valence-electron chi connectivity index (χ3n) is 1.90. The van der Waals surface area contributed by atoms with Gasteiger partial charge in [-0.3, -0.25) is 0 Å². The minimum atomic E-state index is -3.05. The van der Waals surface area contributed by atoms with Crippen molar-refractivity contribution in [1.82, 2.24) is 10.0 Å². The number of hydrogen-bond acceptors (Lipinski definition) is 3. The van der Waals surface area contributed by atoms with Crippen LogP contribution in [0.15, 0.2) is 0 Å². The van der Waals surface area contributed by atoms with Crippen LogP contribution in [0.1, 0.15) is 26.7 Å². The van der Waals surface area contributed by atoms with Gasteiger partial charge in [0.2, 0.25) is 10.0 Å². The van der Waals surface area contributed by atoms with Crippen molar-refractivity contribution in [3.63, 3.8) is 0 Å². The second kappa shape index (κ2) is 7.20. The molecular formula is C9H22N2O2S. The highest BCUT2D eigenvalue weighted by molar-refractivity contribution is 7.89. The lowest BCUT2D eigenvalue weighted by molar-refractivity contribution is 0.539. The van der Waals surface area contributed by atoms with E-state index < -0.39 is 10.0 Å². The summed E-state index contributed by atoms with van der Waals surface area (Å²) in [5, 5.41) is 2.81. The molecule has 4 nitrogen and oxygen atoms in total. The first-order chi connectivity index (χ1) is 6.48. The summed E-state index contributed by atoms with van der Waals surface area (Å²) in [7, 11) is -1.31. The first-order valence-corrected chi connectivity index (χ1v) is 6.75. The van der Waals surface area contributed by atoms with Gasteiger partial charge in [-0.2, -0.15) is 0 Å². The predicted octanol–water partition coefficient (Wildman–Crippen LogP) is 0.561. The van der Waals surface area contributed by atoms with Gasteiger partial charge in [-0.1, -0.05) is 13.8 Å². The van der Waals surface area contributed by atoms with Crippen molar-refractivity contribution in [2.24, 2.45) is 5.92 Å². The molecule has 0 unspecified atom stereocenters. The molecule has 14 heavy (non-hydrogen) atoms. The summed E-state index contributed by atoms with van der Waals surface area (Å²) in [6, 6.07) is 0. The van der Waals surface area contributed by atoms with Crippen molar-refractivity contribution < 1.29 is 8.42 Å². The molecule has 0 aromatic carbocycles. The van der Waals surface area contributed by atoms with Crippen molar-refractivity contribution in [3.8, 4) is 0 Å². The average Bonchev–Trinajstić information content (AvgIpc) is 2.09. The molecule has 0 heterocycles. The lowest BCUT2D eigenvalue weighted by Gasteiger charge is -2.07. The fourth-order valence-corrected chi connectivity index (χ4v) is 2.12. The van der Waals surface area contributed by atoms with Crippen molar-refractivity contribution in [1.29, 1.82) is 0 Å². The molecule has 0 fully saturated rings.